The Morgan fingerprint density at radius 1 is 1.25 bits per heavy atom. The van der Waals surface area contributed by atoms with E-state index in [1.165, 1.54) is 0 Å². The third-order valence-electron chi connectivity index (χ3n) is 5.44. The Labute approximate surface area is 159 Å². The molecule has 0 saturated carbocycles. The van der Waals surface area contributed by atoms with Crippen LogP contribution in [0.5, 0.6) is 0 Å². The molecule has 0 aliphatic carbocycles. The van der Waals surface area contributed by atoms with E-state index >= 15 is 0 Å². The molecule has 6 rings (SSSR count). The van der Waals surface area contributed by atoms with E-state index in [0.29, 0.717) is 17.1 Å². The number of hydrogen-bond donors (Lipinski definition) is 4. The van der Waals surface area contributed by atoms with Gasteiger partial charge in [-0.15, -0.1) is 0 Å². The molecule has 138 valence electrons. The predicted octanol–water partition coefficient (Wildman–Crippen LogP) is -1.12. The fourth-order valence-corrected chi connectivity index (χ4v) is 4.01. The van der Waals surface area contributed by atoms with Gasteiger partial charge in [0, 0.05) is 16.4 Å². The van der Waals surface area contributed by atoms with Crippen LogP contribution in [0.4, 0.5) is 0 Å². The van der Waals surface area contributed by atoms with Crippen LogP contribution in [0.3, 0.4) is 0 Å². The van der Waals surface area contributed by atoms with Crippen LogP contribution in [0.15, 0.2) is 51.7 Å². The molecular formula is C21H16N4O3. The topological polar surface area (TPSA) is 106 Å². The smallest absolute Gasteiger partial charge is 0.253 e. The van der Waals surface area contributed by atoms with E-state index in [1.54, 1.807) is 12.2 Å². The molecule has 1 aromatic heterocycles. The summed E-state index contributed by atoms with van der Waals surface area (Å²) in [7, 11) is 0. The van der Waals surface area contributed by atoms with Gasteiger partial charge in [-0.2, -0.15) is 0 Å². The summed E-state index contributed by atoms with van der Waals surface area (Å²) in [5.74, 6) is 5.59. The largest absolute Gasteiger partial charge is 0.384 e. The summed E-state index contributed by atoms with van der Waals surface area (Å²) in [6.07, 6.45) is 9.37. The number of nitrogens with one attached hydrogen (secondary N) is 2. The second-order valence-corrected chi connectivity index (χ2v) is 7.51. The lowest BCUT2D eigenvalue weighted by Gasteiger charge is -2.17. The van der Waals surface area contributed by atoms with Crippen molar-refractivity contribution < 1.29 is 14.9 Å². The molecule has 4 N–H and O–H groups in total. The average Bonchev–Trinajstić information content (AvgIpc) is 2.95. The predicted molar refractivity (Wildman–Crippen MR) is 103 cm³/mol. The molecule has 4 unspecified atom stereocenters. The number of allylic oxidation sites excluding steroid dienone is 4. The summed E-state index contributed by atoms with van der Waals surface area (Å²) in [5.41, 5.74) is 0.910. The Kier molecular flexibility index (Phi) is 2.83. The van der Waals surface area contributed by atoms with Crippen LogP contribution in [0.1, 0.15) is 5.56 Å². The third kappa shape index (κ3) is 2.17. The quantitative estimate of drug-likeness (QED) is 0.342. The molecule has 1 aromatic rings. The molecule has 7 heteroatoms. The molecular weight excluding hydrogens is 356 g/mol. The summed E-state index contributed by atoms with van der Waals surface area (Å²) in [6.45, 7) is 2.02. The van der Waals surface area contributed by atoms with Gasteiger partial charge in [0.15, 0.2) is 6.10 Å². The molecule has 5 aliphatic rings. The van der Waals surface area contributed by atoms with Crippen molar-refractivity contribution in [1.29, 1.82) is 0 Å². The highest BCUT2D eigenvalue weighted by Crippen LogP contribution is 2.48. The summed E-state index contributed by atoms with van der Waals surface area (Å²) in [4.78, 5) is 12.2. The van der Waals surface area contributed by atoms with Crippen LogP contribution < -0.4 is 16.0 Å². The van der Waals surface area contributed by atoms with Crippen LogP contribution in [-0.2, 0) is 4.74 Å². The van der Waals surface area contributed by atoms with Gasteiger partial charge in [0.25, 0.3) is 5.72 Å². The van der Waals surface area contributed by atoms with E-state index in [2.05, 4.69) is 32.1 Å². The molecule has 4 atom stereocenters. The fraction of sp³-hybridized carbons (Fsp3) is 0.238. The maximum atomic E-state index is 10.9. The van der Waals surface area contributed by atoms with Crippen molar-refractivity contribution in [1.82, 2.24) is 10.3 Å². The molecule has 0 radical (unpaired) electrons. The number of epoxide rings is 1. The highest BCUT2D eigenvalue weighted by atomic mass is 16.7. The Balaban J connectivity index is 1.54. The van der Waals surface area contributed by atoms with Crippen molar-refractivity contribution in [3.63, 3.8) is 0 Å². The number of aromatic amines is 1. The number of aliphatic hydroxyl groups is 2. The van der Waals surface area contributed by atoms with Gasteiger partial charge >= 0.3 is 0 Å². The van der Waals surface area contributed by atoms with Crippen LogP contribution in [-0.4, -0.2) is 50.3 Å². The standard InChI is InChI=1S/C21H16N4O3/c1-11-6-15-8-16-10-18(26)21(25-16)19(28-21)20(27)5-4-14(24-20)7-12-2-3-13(22-12)9-17(11)23-15/h2-3,6-10,18-19,23,25-27H,1H3. The first-order valence-electron chi connectivity index (χ1n) is 9.02. The summed E-state index contributed by atoms with van der Waals surface area (Å²) in [6, 6.07) is 2.02. The van der Waals surface area contributed by atoms with Crippen molar-refractivity contribution in [2.45, 2.75) is 30.6 Å². The molecule has 0 aromatic carbocycles. The fourth-order valence-electron chi connectivity index (χ4n) is 4.01. The van der Waals surface area contributed by atoms with Gasteiger partial charge in [0.2, 0.25) is 5.72 Å². The number of aliphatic imine (C=N–C) groups is 2. The number of H-pyrrole nitrogens is 1. The highest BCUT2D eigenvalue weighted by Gasteiger charge is 2.72. The average molecular weight is 372 g/mol. The molecule has 6 heterocycles. The van der Waals surface area contributed by atoms with Crippen molar-refractivity contribution in [2.75, 3.05) is 0 Å². The molecule has 1 fully saturated rings. The Hall–Kier alpha value is -3.18. The minimum atomic E-state index is -1.71. The second-order valence-electron chi connectivity index (χ2n) is 7.51. The van der Waals surface area contributed by atoms with E-state index in [9.17, 15) is 10.2 Å². The Bertz CT molecular complexity index is 1280. The minimum Gasteiger partial charge on any atom is -0.384 e. The second kappa shape index (κ2) is 5.00. The zero-order valence-corrected chi connectivity index (χ0v) is 14.9. The first-order valence-corrected chi connectivity index (χ1v) is 9.02. The number of nitrogens with zero attached hydrogens (tertiary/aromatic N) is 2. The molecule has 1 saturated heterocycles. The number of hydrogen-bond acceptors (Lipinski definition) is 6. The normalized spacial score (nSPS) is 36.0. The third-order valence-corrected chi connectivity index (χ3v) is 5.44. The maximum absolute atomic E-state index is 10.9. The van der Waals surface area contributed by atoms with Crippen LogP contribution in [0.2, 0.25) is 0 Å². The van der Waals surface area contributed by atoms with Crippen LogP contribution >= 0.6 is 0 Å². The van der Waals surface area contributed by atoms with Crippen molar-refractivity contribution >= 4 is 23.6 Å². The number of rotatable bonds is 0. The van der Waals surface area contributed by atoms with Crippen LogP contribution in [0.25, 0.3) is 12.2 Å². The molecule has 28 heavy (non-hydrogen) atoms. The van der Waals surface area contributed by atoms with E-state index in [1.807, 2.05) is 37.3 Å². The van der Waals surface area contributed by atoms with Gasteiger partial charge < -0.3 is 25.3 Å². The van der Waals surface area contributed by atoms with Gasteiger partial charge in [-0.1, -0.05) is 0 Å². The lowest BCUT2D eigenvalue weighted by molar-refractivity contribution is 0.0786. The van der Waals surface area contributed by atoms with E-state index in [-0.39, 0.29) is 0 Å². The Morgan fingerprint density at radius 2 is 2.14 bits per heavy atom. The van der Waals surface area contributed by atoms with Gasteiger partial charge in [-0.05, 0) is 66.9 Å². The highest BCUT2D eigenvalue weighted by molar-refractivity contribution is 6.20. The monoisotopic (exact) mass is 372 g/mol. The van der Waals surface area contributed by atoms with Crippen LogP contribution in [0, 0.1) is 18.8 Å². The van der Waals surface area contributed by atoms with Crippen molar-refractivity contribution in [3.05, 3.63) is 58.0 Å². The molecule has 8 bridgehead atoms. The Morgan fingerprint density at radius 3 is 3.04 bits per heavy atom. The minimum absolute atomic E-state index is 0.426. The number of aliphatic hydroxyl groups excluding tert-OH is 1. The van der Waals surface area contributed by atoms with Crippen molar-refractivity contribution in [2.24, 2.45) is 9.98 Å². The lowest BCUT2D eigenvalue weighted by Crippen LogP contribution is -2.45. The zero-order chi connectivity index (χ0) is 19.1. The van der Waals surface area contributed by atoms with Gasteiger partial charge in [0.05, 0.1) is 11.4 Å². The number of ether oxygens (including phenoxy) is 1. The number of aryl methyl sites for hydroxylation is 1. The summed E-state index contributed by atoms with van der Waals surface area (Å²) >= 11 is 0. The van der Waals surface area contributed by atoms with E-state index in [4.69, 9.17) is 4.74 Å². The molecule has 7 nitrogen and oxygen atoms in total. The first kappa shape index (κ1) is 15.8. The first-order chi connectivity index (χ1) is 13.4. The van der Waals surface area contributed by atoms with Gasteiger partial charge in [-0.3, -0.25) is 0 Å². The summed E-state index contributed by atoms with van der Waals surface area (Å²) in [5, 5.41) is 26.5. The summed E-state index contributed by atoms with van der Waals surface area (Å²) < 4.78 is 5.72. The van der Waals surface area contributed by atoms with Gasteiger partial charge in [-0.25, -0.2) is 9.98 Å². The number of fused-ring (bicyclic) bond motifs is 6. The molecule has 0 amide bonds. The molecule has 5 aliphatic heterocycles. The zero-order valence-electron chi connectivity index (χ0n) is 14.9. The molecule has 1 spiro atoms. The lowest BCUT2D eigenvalue weighted by atomic mass is 10.0. The van der Waals surface area contributed by atoms with Crippen molar-refractivity contribution in [3.8, 4) is 11.8 Å². The maximum Gasteiger partial charge on any atom is 0.253 e. The van der Waals surface area contributed by atoms with E-state index < -0.39 is 23.7 Å². The van der Waals surface area contributed by atoms with Gasteiger partial charge in [0.1, 0.15) is 11.8 Å². The SMILES string of the molecule is Cc1cc2[nH]c1=CC1=NC(=CC3=NC(O)(C#C3)C3OC34NC(=CC4O)C=2)C=C1. The van der Waals surface area contributed by atoms with E-state index in [0.717, 1.165) is 22.0 Å². The number of aromatic nitrogens is 1.